The molecule has 0 radical (unpaired) electrons. The van der Waals surface area contributed by atoms with Gasteiger partial charge in [0, 0.05) is 22.7 Å². The van der Waals surface area contributed by atoms with Crippen LogP contribution in [0, 0.1) is 6.92 Å². The maximum Gasteiger partial charge on any atom is 0.0705 e. The fourth-order valence-corrected chi connectivity index (χ4v) is 3.81. The van der Waals surface area contributed by atoms with Crippen LogP contribution in [0.2, 0.25) is 0 Å². The minimum atomic E-state index is 0.0302. The van der Waals surface area contributed by atoms with Crippen molar-refractivity contribution in [3.8, 4) is 22.4 Å². The van der Waals surface area contributed by atoms with E-state index in [-0.39, 0.29) is 5.41 Å². The number of benzene rings is 2. The number of aryl methyl sites for hydroxylation is 1. The predicted molar refractivity (Wildman–Crippen MR) is 92.0 cm³/mol. The molecule has 0 spiro atoms. The highest BCUT2D eigenvalue weighted by atomic mass is 14.7. The Morgan fingerprint density at radius 3 is 2.41 bits per heavy atom. The van der Waals surface area contributed by atoms with Gasteiger partial charge in [-0.05, 0) is 35.2 Å². The molecular formula is C21H19N. The second-order valence-electron chi connectivity index (χ2n) is 6.60. The van der Waals surface area contributed by atoms with Crippen LogP contribution >= 0.6 is 0 Å². The first-order valence-corrected chi connectivity index (χ1v) is 7.75. The summed E-state index contributed by atoms with van der Waals surface area (Å²) in [7, 11) is 0. The van der Waals surface area contributed by atoms with E-state index < -0.39 is 0 Å². The van der Waals surface area contributed by atoms with Gasteiger partial charge in [0.2, 0.25) is 0 Å². The molecule has 1 nitrogen and oxygen atoms in total. The van der Waals surface area contributed by atoms with Crippen molar-refractivity contribution in [2.45, 2.75) is 26.2 Å². The second kappa shape index (κ2) is 4.54. The zero-order valence-electron chi connectivity index (χ0n) is 13.2. The smallest absolute Gasteiger partial charge is 0.0705 e. The minimum Gasteiger partial charge on any atom is -0.256 e. The van der Waals surface area contributed by atoms with Gasteiger partial charge in [-0.3, -0.25) is 4.98 Å². The third-order valence-corrected chi connectivity index (χ3v) is 4.83. The quantitative estimate of drug-likeness (QED) is 0.586. The van der Waals surface area contributed by atoms with Crippen molar-refractivity contribution in [3.63, 3.8) is 0 Å². The summed E-state index contributed by atoms with van der Waals surface area (Å²) in [4.78, 5) is 4.71. The molecule has 1 heterocycles. The summed E-state index contributed by atoms with van der Waals surface area (Å²) in [6.07, 6.45) is 2.05. The lowest BCUT2D eigenvalue weighted by Gasteiger charge is -2.23. The number of hydrogen-bond donors (Lipinski definition) is 0. The average Bonchev–Trinajstić information content (AvgIpc) is 2.77. The number of pyridine rings is 1. The Labute approximate surface area is 131 Å². The Balaban J connectivity index is 1.96. The molecule has 0 aliphatic heterocycles. The van der Waals surface area contributed by atoms with Crippen molar-refractivity contribution >= 4 is 0 Å². The Morgan fingerprint density at radius 1 is 0.864 bits per heavy atom. The lowest BCUT2D eigenvalue weighted by molar-refractivity contribution is 0.655. The van der Waals surface area contributed by atoms with Crippen molar-refractivity contribution in [2.75, 3.05) is 0 Å². The van der Waals surface area contributed by atoms with E-state index in [1.54, 1.807) is 0 Å². The molecule has 4 rings (SSSR count). The first-order valence-electron chi connectivity index (χ1n) is 7.75. The van der Waals surface area contributed by atoms with E-state index in [0.717, 1.165) is 5.69 Å². The highest BCUT2D eigenvalue weighted by Gasteiger charge is 2.36. The molecule has 0 unspecified atom stereocenters. The second-order valence-corrected chi connectivity index (χ2v) is 6.60. The van der Waals surface area contributed by atoms with Gasteiger partial charge in [-0.1, -0.05) is 62.4 Å². The van der Waals surface area contributed by atoms with Gasteiger partial charge in [0.25, 0.3) is 0 Å². The lowest BCUT2D eigenvalue weighted by Crippen LogP contribution is -2.16. The SMILES string of the molecule is Cc1cccc2c1C(C)(C)c1cc(-c3ccccc3)ncc1-2. The van der Waals surface area contributed by atoms with E-state index in [0.29, 0.717) is 0 Å². The highest BCUT2D eigenvalue weighted by molar-refractivity contribution is 5.82. The van der Waals surface area contributed by atoms with Crippen LogP contribution in [0.1, 0.15) is 30.5 Å². The summed E-state index contributed by atoms with van der Waals surface area (Å²) < 4.78 is 0. The van der Waals surface area contributed by atoms with E-state index in [1.807, 2.05) is 12.3 Å². The number of rotatable bonds is 1. The molecule has 0 saturated heterocycles. The minimum absolute atomic E-state index is 0.0302. The third kappa shape index (κ3) is 1.75. The van der Waals surface area contributed by atoms with Gasteiger partial charge in [0.15, 0.2) is 0 Å². The predicted octanol–water partition coefficient (Wildman–Crippen LogP) is 5.36. The summed E-state index contributed by atoms with van der Waals surface area (Å²) in [5, 5.41) is 0. The standard InChI is InChI=1S/C21H19N/c1-14-8-7-11-16-17-13-22-19(15-9-5-4-6-10-15)12-18(17)21(2,3)20(14)16/h4-13H,1-3H3. The average molecular weight is 285 g/mol. The Morgan fingerprint density at radius 2 is 1.64 bits per heavy atom. The molecule has 3 aromatic rings. The molecule has 0 atom stereocenters. The largest absolute Gasteiger partial charge is 0.256 e. The van der Waals surface area contributed by atoms with Gasteiger partial charge >= 0.3 is 0 Å². The maximum atomic E-state index is 4.71. The van der Waals surface area contributed by atoms with Gasteiger partial charge < -0.3 is 0 Å². The molecule has 0 saturated carbocycles. The molecule has 1 aliphatic rings. The normalized spacial score (nSPS) is 14.5. The van der Waals surface area contributed by atoms with Crippen LogP contribution in [-0.2, 0) is 5.41 Å². The molecule has 1 aromatic heterocycles. The Bertz CT molecular complexity index is 860. The molecule has 108 valence electrons. The number of fused-ring (bicyclic) bond motifs is 3. The highest BCUT2D eigenvalue weighted by Crippen LogP contribution is 2.50. The van der Waals surface area contributed by atoms with Gasteiger partial charge in [0.1, 0.15) is 0 Å². The molecule has 22 heavy (non-hydrogen) atoms. The van der Waals surface area contributed by atoms with E-state index in [2.05, 4.69) is 69.3 Å². The van der Waals surface area contributed by atoms with Crippen molar-refractivity contribution in [1.29, 1.82) is 0 Å². The number of hydrogen-bond acceptors (Lipinski definition) is 1. The zero-order valence-corrected chi connectivity index (χ0v) is 13.2. The van der Waals surface area contributed by atoms with Crippen LogP contribution in [0.5, 0.6) is 0 Å². The van der Waals surface area contributed by atoms with Crippen molar-refractivity contribution in [3.05, 3.63) is 77.5 Å². The van der Waals surface area contributed by atoms with E-state index in [4.69, 9.17) is 4.98 Å². The molecule has 0 N–H and O–H groups in total. The summed E-state index contributed by atoms with van der Waals surface area (Å²) in [5.41, 5.74) is 9.06. The van der Waals surface area contributed by atoms with Crippen molar-refractivity contribution in [1.82, 2.24) is 4.98 Å². The lowest BCUT2D eigenvalue weighted by atomic mass is 9.80. The first kappa shape index (κ1) is 13.3. The fraction of sp³-hybridized carbons (Fsp3) is 0.190. The van der Waals surface area contributed by atoms with Crippen LogP contribution in [0.4, 0.5) is 0 Å². The van der Waals surface area contributed by atoms with Crippen LogP contribution in [0.25, 0.3) is 22.4 Å². The molecule has 0 amide bonds. The number of nitrogens with zero attached hydrogens (tertiary/aromatic N) is 1. The molecule has 1 aliphatic carbocycles. The van der Waals surface area contributed by atoms with Gasteiger partial charge in [0.05, 0.1) is 5.69 Å². The Hall–Kier alpha value is -2.41. The summed E-state index contributed by atoms with van der Waals surface area (Å²) in [6, 6.07) is 19.2. The number of aromatic nitrogens is 1. The van der Waals surface area contributed by atoms with Crippen LogP contribution in [-0.4, -0.2) is 4.98 Å². The molecule has 0 fully saturated rings. The first-order chi connectivity index (χ1) is 10.6. The zero-order chi connectivity index (χ0) is 15.3. The summed E-state index contributed by atoms with van der Waals surface area (Å²) >= 11 is 0. The molecule has 2 aromatic carbocycles. The Kier molecular flexibility index (Phi) is 2.74. The molecule has 1 heteroatoms. The monoisotopic (exact) mass is 285 g/mol. The van der Waals surface area contributed by atoms with E-state index in [1.165, 1.54) is 33.4 Å². The fourth-order valence-electron chi connectivity index (χ4n) is 3.81. The summed E-state index contributed by atoms with van der Waals surface area (Å²) in [6.45, 7) is 6.84. The third-order valence-electron chi connectivity index (χ3n) is 4.83. The molecular weight excluding hydrogens is 266 g/mol. The van der Waals surface area contributed by atoms with Crippen LogP contribution in [0.3, 0.4) is 0 Å². The van der Waals surface area contributed by atoms with Gasteiger partial charge in [-0.15, -0.1) is 0 Å². The van der Waals surface area contributed by atoms with Crippen molar-refractivity contribution < 1.29 is 0 Å². The summed E-state index contributed by atoms with van der Waals surface area (Å²) in [5.74, 6) is 0. The van der Waals surface area contributed by atoms with Crippen LogP contribution < -0.4 is 0 Å². The van der Waals surface area contributed by atoms with Crippen LogP contribution in [0.15, 0.2) is 60.8 Å². The maximum absolute atomic E-state index is 4.71. The van der Waals surface area contributed by atoms with E-state index in [9.17, 15) is 0 Å². The topological polar surface area (TPSA) is 12.9 Å². The van der Waals surface area contributed by atoms with E-state index >= 15 is 0 Å². The van der Waals surface area contributed by atoms with Crippen molar-refractivity contribution in [2.24, 2.45) is 0 Å². The van der Waals surface area contributed by atoms with Gasteiger partial charge in [-0.25, -0.2) is 0 Å². The molecule has 0 bridgehead atoms. The van der Waals surface area contributed by atoms with Gasteiger partial charge in [-0.2, -0.15) is 0 Å².